The quantitative estimate of drug-likeness (QED) is 0.832. The summed E-state index contributed by atoms with van der Waals surface area (Å²) in [5.74, 6) is 0.610. The summed E-state index contributed by atoms with van der Waals surface area (Å²) in [5, 5.41) is 12.9. The van der Waals surface area contributed by atoms with E-state index < -0.39 is 0 Å². The van der Waals surface area contributed by atoms with Crippen molar-refractivity contribution >= 4 is 5.91 Å². The average Bonchev–Trinajstić information content (AvgIpc) is 3.00. The van der Waals surface area contributed by atoms with E-state index in [2.05, 4.69) is 23.0 Å². The first-order chi connectivity index (χ1) is 12.9. The number of amides is 1. The van der Waals surface area contributed by atoms with Gasteiger partial charge in [-0.15, -0.1) is 0 Å². The minimum atomic E-state index is -0.247. The highest BCUT2D eigenvalue weighted by molar-refractivity contribution is 5.84. The average molecular weight is 366 g/mol. The van der Waals surface area contributed by atoms with Crippen LogP contribution < -0.4 is 0 Å². The molecule has 27 heavy (non-hydrogen) atoms. The molecule has 2 aromatic rings. The van der Waals surface area contributed by atoms with E-state index in [9.17, 15) is 4.79 Å². The highest BCUT2D eigenvalue weighted by Gasteiger charge is 2.32. The Hall–Kier alpha value is -2.65. The molecule has 1 aromatic heterocycles. The summed E-state index contributed by atoms with van der Waals surface area (Å²) in [6, 6.07) is 9.99. The second kappa shape index (κ2) is 7.93. The van der Waals surface area contributed by atoms with Crippen LogP contribution in [0.1, 0.15) is 47.9 Å². The van der Waals surface area contributed by atoms with Crippen molar-refractivity contribution in [2.75, 3.05) is 19.6 Å². The maximum Gasteiger partial charge on any atom is 0.230 e. The number of carbonyl (C=O) groups is 1. The smallest absolute Gasteiger partial charge is 0.230 e. The number of aryl methyl sites for hydroxylation is 2. The summed E-state index contributed by atoms with van der Waals surface area (Å²) in [6.07, 6.45) is 0. The van der Waals surface area contributed by atoms with E-state index in [1.54, 1.807) is 0 Å². The van der Waals surface area contributed by atoms with Crippen LogP contribution in [0.5, 0.6) is 0 Å². The van der Waals surface area contributed by atoms with Crippen molar-refractivity contribution in [1.29, 1.82) is 5.26 Å². The van der Waals surface area contributed by atoms with Crippen LogP contribution in [-0.2, 0) is 11.3 Å². The van der Waals surface area contributed by atoms with Crippen molar-refractivity contribution in [1.82, 2.24) is 15.0 Å². The molecule has 0 spiro atoms. The van der Waals surface area contributed by atoms with Gasteiger partial charge in [-0.2, -0.15) is 5.26 Å². The summed E-state index contributed by atoms with van der Waals surface area (Å²) in [4.78, 5) is 17.4. The molecule has 1 aliphatic rings. The van der Waals surface area contributed by atoms with Crippen LogP contribution in [0.4, 0.5) is 0 Å². The lowest BCUT2D eigenvalue weighted by atomic mass is 9.96. The van der Waals surface area contributed by atoms with E-state index in [4.69, 9.17) is 9.78 Å². The third-order valence-electron chi connectivity index (χ3n) is 5.38. The Morgan fingerprint density at radius 3 is 2.59 bits per heavy atom. The van der Waals surface area contributed by atoms with Crippen LogP contribution >= 0.6 is 0 Å². The highest BCUT2D eigenvalue weighted by atomic mass is 16.5. The normalized spacial score (nSPS) is 18.9. The molecule has 2 heterocycles. The summed E-state index contributed by atoms with van der Waals surface area (Å²) < 4.78 is 5.23. The van der Waals surface area contributed by atoms with E-state index >= 15 is 0 Å². The van der Waals surface area contributed by atoms with Crippen LogP contribution in [0.15, 0.2) is 28.8 Å². The lowest BCUT2D eigenvalue weighted by Crippen LogP contribution is -2.54. The van der Waals surface area contributed by atoms with Gasteiger partial charge in [0, 0.05) is 37.8 Å². The van der Waals surface area contributed by atoms with Crippen LogP contribution in [0.25, 0.3) is 0 Å². The summed E-state index contributed by atoms with van der Waals surface area (Å²) >= 11 is 0. The van der Waals surface area contributed by atoms with Crippen molar-refractivity contribution in [3.63, 3.8) is 0 Å². The fourth-order valence-electron chi connectivity index (χ4n) is 3.93. The Balaban J connectivity index is 1.62. The van der Waals surface area contributed by atoms with Gasteiger partial charge in [-0.1, -0.05) is 17.3 Å². The third-order valence-corrected chi connectivity index (χ3v) is 5.38. The van der Waals surface area contributed by atoms with E-state index in [-0.39, 0.29) is 17.9 Å². The van der Waals surface area contributed by atoms with Gasteiger partial charge in [0.2, 0.25) is 5.91 Å². The molecular weight excluding hydrogens is 340 g/mol. The second-order valence-corrected chi connectivity index (χ2v) is 7.38. The minimum absolute atomic E-state index is 0.134. The number of hydrogen-bond donors (Lipinski definition) is 0. The van der Waals surface area contributed by atoms with Gasteiger partial charge >= 0.3 is 0 Å². The molecule has 0 saturated carbocycles. The molecule has 142 valence electrons. The predicted molar refractivity (Wildman–Crippen MR) is 102 cm³/mol. The Labute approximate surface area is 160 Å². The van der Waals surface area contributed by atoms with Crippen molar-refractivity contribution < 1.29 is 9.32 Å². The van der Waals surface area contributed by atoms with E-state index in [0.29, 0.717) is 12.1 Å². The van der Waals surface area contributed by atoms with Gasteiger partial charge in [0.1, 0.15) is 5.76 Å². The zero-order chi connectivity index (χ0) is 19.6. The van der Waals surface area contributed by atoms with Crippen LogP contribution in [-0.4, -0.2) is 46.5 Å². The number of piperazine rings is 1. The molecule has 1 aliphatic heterocycles. The Morgan fingerprint density at radius 2 is 2.04 bits per heavy atom. The lowest BCUT2D eigenvalue weighted by Gasteiger charge is -2.41. The largest absolute Gasteiger partial charge is 0.361 e. The standard InChI is InChI=1S/C21H26N4O2/c1-14-12-24(13-19-7-5-18(11-22)6-8-19)9-10-25(14)21(26)15(2)20-16(3)23-27-17(20)4/h5-8,14-15H,9-10,12-13H2,1-4H3. The minimum Gasteiger partial charge on any atom is -0.361 e. The van der Waals surface area contributed by atoms with Gasteiger partial charge in [-0.3, -0.25) is 9.69 Å². The molecule has 0 N–H and O–H groups in total. The van der Waals surface area contributed by atoms with Crippen LogP contribution in [0.2, 0.25) is 0 Å². The predicted octanol–water partition coefficient (Wildman–Crippen LogP) is 3.00. The van der Waals surface area contributed by atoms with Gasteiger partial charge < -0.3 is 9.42 Å². The molecule has 0 radical (unpaired) electrons. The zero-order valence-corrected chi connectivity index (χ0v) is 16.4. The van der Waals surface area contributed by atoms with Gasteiger partial charge in [0.05, 0.1) is 23.2 Å². The van der Waals surface area contributed by atoms with Crippen LogP contribution in [0.3, 0.4) is 0 Å². The molecule has 6 heteroatoms. The zero-order valence-electron chi connectivity index (χ0n) is 16.4. The van der Waals surface area contributed by atoms with Crippen molar-refractivity contribution in [2.24, 2.45) is 0 Å². The molecule has 1 amide bonds. The Kier molecular flexibility index (Phi) is 5.62. The number of benzene rings is 1. The SMILES string of the molecule is Cc1noc(C)c1C(C)C(=O)N1CCN(Cc2ccc(C#N)cc2)CC1C. The number of nitrogens with zero attached hydrogens (tertiary/aromatic N) is 4. The first kappa shape index (κ1) is 19.1. The Morgan fingerprint density at radius 1 is 1.33 bits per heavy atom. The molecule has 6 nitrogen and oxygen atoms in total. The molecule has 2 unspecified atom stereocenters. The first-order valence-corrected chi connectivity index (χ1v) is 9.35. The molecule has 1 fully saturated rings. The van der Waals surface area contributed by atoms with E-state index in [1.165, 1.54) is 5.56 Å². The molecule has 0 aliphatic carbocycles. The van der Waals surface area contributed by atoms with Gasteiger partial charge in [0.15, 0.2) is 0 Å². The summed E-state index contributed by atoms with van der Waals surface area (Å²) in [6.45, 7) is 11.0. The van der Waals surface area contributed by atoms with E-state index in [1.807, 2.05) is 49.9 Å². The maximum atomic E-state index is 13.1. The van der Waals surface area contributed by atoms with Gasteiger partial charge in [0.25, 0.3) is 0 Å². The third kappa shape index (κ3) is 4.04. The van der Waals surface area contributed by atoms with E-state index in [0.717, 1.165) is 36.7 Å². The molecule has 1 saturated heterocycles. The van der Waals surface area contributed by atoms with Crippen molar-refractivity contribution in [2.45, 2.75) is 46.2 Å². The van der Waals surface area contributed by atoms with Crippen molar-refractivity contribution in [3.8, 4) is 6.07 Å². The molecule has 1 aromatic carbocycles. The summed E-state index contributed by atoms with van der Waals surface area (Å²) in [5.41, 5.74) is 3.56. The van der Waals surface area contributed by atoms with Gasteiger partial charge in [-0.05, 0) is 45.4 Å². The second-order valence-electron chi connectivity index (χ2n) is 7.38. The highest BCUT2D eigenvalue weighted by Crippen LogP contribution is 2.26. The number of nitriles is 1. The topological polar surface area (TPSA) is 73.4 Å². The number of hydrogen-bond acceptors (Lipinski definition) is 5. The Bertz CT molecular complexity index is 831. The fourth-order valence-corrected chi connectivity index (χ4v) is 3.93. The summed E-state index contributed by atoms with van der Waals surface area (Å²) in [7, 11) is 0. The molecule has 3 rings (SSSR count). The monoisotopic (exact) mass is 366 g/mol. The molecule has 0 bridgehead atoms. The number of aromatic nitrogens is 1. The number of carbonyl (C=O) groups excluding carboxylic acids is 1. The maximum absolute atomic E-state index is 13.1. The number of rotatable bonds is 4. The van der Waals surface area contributed by atoms with Crippen LogP contribution in [0, 0.1) is 25.2 Å². The molecule has 2 atom stereocenters. The van der Waals surface area contributed by atoms with Crippen molar-refractivity contribution in [3.05, 3.63) is 52.4 Å². The lowest BCUT2D eigenvalue weighted by molar-refractivity contribution is -0.137. The molecular formula is C21H26N4O2. The first-order valence-electron chi connectivity index (χ1n) is 9.35. The fraction of sp³-hybridized carbons (Fsp3) is 0.476. The van der Waals surface area contributed by atoms with Gasteiger partial charge in [-0.25, -0.2) is 0 Å².